The number of aryl methyl sites for hydroxylation is 2. The zero-order valence-electron chi connectivity index (χ0n) is 13.2. The summed E-state index contributed by atoms with van der Waals surface area (Å²) < 4.78 is 0. The molecule has 114 valence electrons. The largest absolute Gasteiger partial charge is 0.335 e. The molecule has 1 N–H and O–H groups in total. The van der Waals surface area contributed by atoms with E-state index in [1.165, 1.54) is 19.3 Å². The zero-order valence-corrected chi connectivity index (χ0v) is 13.2. The van der Waals surface area contributed by atoms with E-state index in [-0.39, 0.29) is 5.91 Å². The second-order valence-electron chi connectivity index (χ2n) is 6.56. The molecule has 1 atom stereocenters. The number of rotatable bonds is 2. The standard InChI is InChI=1S/C18H26N2O/c1-13-5-3-6-14(2)17(13)18(21)20-12-4-7-16(20)15-8-10-19-11-9-15/h3,5-6,15-16,19H,4,7-12H2,1-2H3. The topological polar surface area (TPSA) is 32.3 Å². The molecule has 0 saturated carbocycles. The van der Waals surface area contributed by atoms with Crippen molar-refractivity contribution in [2.75, 3.05) is 19.6 Å². The Morgan fingerprint density at radius 3 is 2.48 bits per heavy atom. The van der Waals surface area contributed by atoms with Crippen molar-refractivity contribution in [2.24, 2.45) is 5.92 Å². The first kappa shape index (κ1) is 14.6. The van der Waals surface area contributed by atoms with Gasteiger partial charge in [0.15, 0.2) is 0 Å². The molecule has 1 aromatic carbocycles. The summed E-state index contributed by atoms with van der Waals surface area (Å²) in [6, 6.07) is 6.60. The van der Waals surface area contributed by atoms with Crippen LogP contribution in [0.25, 0.3) is 0 Å². The molecule has 0 aromatic heterocycles. The van der Waals surface area contributed by atoms with Crippen LogP contribution in [0, 0.1) is 19.8 Å². The van der Waals surface area contributed by atoms with Crippen LogP contribution in [0.3, 0.4) is 0 Å². The summed E-state index contributed by atoms with van der Waals surface area (Å²) in [7, 11) is 0. The van der Waals surface area contributed by atoms with Gasteiger partial charge in [0.05, 0.1) is 0 Å². The summed E-state index contributed by atoms with van der Waals surface area (Å²) in [5.41, 5.74) is 3.14. The van der Waals surface area contributed by atoms with Gasteiger partial charge in [0.1, 0.15) is 0 Å². The van der Waals surface area contributed by atoms with Gasteiger partial charge in [0.2, 0.25) is 0 Å². The molecule has 3 rings (SSSR count). The van der Waals surface area contributed by atoms with Gasteiger partial charge in [-0.2, -0.15) is 0 Å². The molecule has 1 amide bonds. The number of nitrogens with one attached hydrogen (secondary N) is 1. The number of hydrogen-bond acceptors (Lipinski definition) is 2. The number of hydrogen-bond donors (Lipinski definition) is 1. The SMILES string of the molecule is Cc1cccc(C)c1C(=O)N1CCCC1C1CCNCC1. The maximum Gasteiger partial charge on any atom is 0.254 e. The monoisotopic (exact) mass is 286 g/mol. The molecule has 0 bridgehead atoms. The van der Waals surface area contributed by atoms with Gasteiger partial charge in [-0.15, -0.1) is 0 Å². The first-order valence-corrected chi connectivity index (χ1v) is 8.26. The molecule has 21 heavy (non-hydrogen) atoms. The van der Waals surface area contributed by atoms with Crippen LogP contribution in [-0.4, -0.2) is 36.5 Å². The van der Waals surface area contributed by atoms with Crippen molar-refractivity contribution < 1.29 is 4.79 Å². The number of piperidine rings is 1. The van der Waals surface area contributed by atoms with E-state index in [1.54, 1.807) is 0 Å². The molecule has 1 unspecified atom stereocenters. The predicted octanol–water partition coefficient (Wildman–Crippen LogP) is 2.91. The van der Waals surface area contributed by atoms with E-state index in [1.807, 2.05) is 6.07 Å². The van der Waals surface area contributed by atoms with Crippen LogP contribution in [0.4, 0.5) is 0 Å². The maximum atomic E-state index is 13.1. The average Bonchev–Trinajstić information content (AvgIpc) is 2.97. The lowest BCUT2D eigenvalue weighted by molar-refractivity contribution is 0.0665. The number of amides is 1. The van der Waals surface area contributed by atoms with Gasteiger partial charge in [-0.3, -0.25) is 4.79 Å². The minimum absolute atomic E-state index is 0.256. The van der Waals surface area contributed by atoms with Gasteiger partial charge >= 0.3 is 0 Å². The molecule has 3 nitrogen and oxygen atoms in total. The van der Waals surface area contributed by atoms with E-state index < -0.39 is 0 Å². The second-order valence-corrected chi connectivity index (χ2v) is 6.56. The van der Waals surface area contributed by atoms with Crippen LogP contribution >= 0.6 is 0 Å². The first-order chi connectivity index (χ1) is 10.2. The van der Waals surface area contributed by atoms with Gasteiger partial charge in [-0.1, -0.05) is 18.2 Å². The Labute approximate surface area is 127 Å². The number of benzene rings is 1. The van der Waals surface area contributed by atoms with Crippen LogP contribution in [0.2, 0.25) is 0 Å². The fourth-order valence-corrected chi connectivity index (χ4v) is 4.06. The van der Waals surface area contributed by atoms with Gasteiger partial charge in [0, 0.05) is 18.2 Å². The van der Waals surface area contributed by atoms with Crippen molar-refractivity contribution in [2.45, 2.75) is 45.6 Å². The van der Waals surface area contributed by atoms with E-state index in [2.05, 4.69) is 36.2 Å². The highest BCUT2D eigenvalue weighted by Crippen LogP contribution is 2.31. The Bertz CT molecular complexity index is 500. The molecular weight excluding hydrogens is 260 g/mol. The second kappa shape index (κ2) is 6.18. The van der Waals surface area contributed by atoms with E-state index in [0.29, 0.717) is 12.0 Å². The van der Waals surface area contributed by atoms with Gasteiger partial charge in [0.25, 0.3) is 5.91 Å². The van der Waals surface area contributed by atoms with Crippen molar-refractivity contribution in [3.63, 3.8) is 0 Å². The predicted molar refractivity (Wildman–Crippen MR) is 85.6 cm³/mol. The number of carbonyl (C=O) groups is 1. The van der Waals surface area contributed by atoms with Gasteiger partial charge in [-0.25, -0.2) is 0 Å². The van der Waals surface area contributed by atoms with Gasteiger partial charge in [-0.05, 0) is 69.7 Å². The molecule has 2 fully saturated rings. The summed E-state index contributed by atoms with van der Waals surface area (Å²) in [5, 5.41) is 3.43. The van der Waals surface area contributed by atoms with Crippen LogP contribution < -0.4 is 5.32 Å². The summed E-state index contributed by atoms with van der Waals surface area (Å²) >= 11 is 0. The molecule has 2 aliphatic rings. The van der Waals surface area contributed by atoms with Crippen molar-refractivity contribution in [1.29, 1.82) is 0 Å². The highest BCUT2D eigenvalue weighted by Gasteiger charge is 2.36. The summed E-state index contributed by atoms with van der Waals surface area (Å²) in [4.78, 5) is 15.2. The molecule has 2 heterocycles. The van der Waals surface area contributed by atoms with Crippen LogP contribution in [0.15, 0.2) is 18.2 Å². The van der Waals surface area contributed by atoms with Gasteiger partial charge < -0.3 is 10.2 Å². The Morgan fingerprint density at radius 2 is 1.81 bits per heavy atom. The van der Waals surface area contributed by atoms with Crippen molar-refractivity contribution in [3.8, 4) is 0 Å². The maximum absolute atomic E-state index is 13.1. The molecule has 1 aromatic rings. The van der Waals surface area contributed by atoms with Crippen LogP contribution in [0.1, 0.15) is 47.2 Å². The van der Waals surface area contributed by atoms with Crippen molar-refractivity contribution in [3.05, 3.63) is 34.9 Å². The smallest absolute Gasteiger partial charge is 0.254 e. The normalized spacial score (nSPS) is 23.5. The summed E-state index contributed by atoms with van der Waals surface area (Å²) in [6.45, 7) is 7.24. The fraction of sp³-hybridized carbons (Fsp3) is 0.611. The van der Waals surface area contributed by atoms with E-state index in [0.717, 1.165) is 42.7 Å². The molecule has 3 heteroatoms. The van der Waals surface area contributed by atoms with E-state index in [9.17, 15) is 4.79 Å². The zero-order chi connectivity index (χ0) is 14.8. The van der Waals surface area contributed by atoms with Crippen molar-refractivity contribution in [1.82, 2.24) is 10.2 Å². The molecule has 2 aliphatic heterocycles. The Balaban J connectivity index is 1.83. The third kappa shape index (κ3) is 2.84. The quantitative estimate of drug-likeness (QED) is 0.906. The van der Waals surface area contributed by atoms with E-state index in [4.69, 9.17) is 0 Å². The van der Waals surface area contributed by atoms with Crippen molar-refractivity contribution >= 4 is 5.91 Å². The molecule has 0 spiro atoms. The first-order valence-electron chi connectivity index (χ1n) is 8.26. The third-order valence-electron chi connectivity index (χ3n) is 5.18. The average molecular weight is 286 g/mol. The minimum atomic E-state index is 0.256. The molecular formula is C18H26N2O. The lowest BCUT2D eigenvalue weighted by atomic mass is 9.88. The Kier molecular flexibility index (Phi) is 4.29. The van der Waals surface area contributed by atoms with Crippen LogP contribution in [0.5, 0.6) is 0 Å². The van der Waals surface area contributed by atoms with E-state index >= 15 is 0 Å². The number of nitrogens with zero attached hydrogens (tertiary/aromatic N) is 1. The highest BCUT2D eigenvalue weighted by atomic mass is 16.2. The lowest BCUT2D eigenvalue weighted by Gasteiger charge is -2.35. The Hall–Kier alpha value is -1.35. The fourth-order valence-electron chi connectivity index (χ4n) is 4.06. The summed E-state index contributed by atoms with van der Waals surface area (Å²) in [6.07, 6.45) is 4.76. The van der Waals surface area contributed by atoms with Crippen LogP contribution in [-0.2, 0) is 0 Å². The molecule has 0 radical (unpaired) electrons. The molecule has 2 saturated heterocycles. The summed E-state index contributed by atoms with van der Waals surface area (Å²) in [5.74, 6) is 0.939. The highest BCUT2D eigenvalue weighted by molar-refractivity contribution is 5.97. The molecule has 0 aliphatic carbocycles. The Morgan fingerprint density at radius 1 is 1.14 bits per heavy atom. The lowest BCUT2D eigenvalue weighted by Crippen LogP contribution is -2.44. The number of carbonyl (C=O) groups excluding carboxylic acids is 1. The number of likely N-dealkylation sites (tertiary alicyclic amines) is 1. The minimum Gasteiger partial charge on any atom is -0.335 e. The third-order valence-corrected chi connectivity index (χ3v) is 5.18.